The summed E-state index contributed by atoms with van der Waals surface area (Å²) in [7, 11) is -1.02. The highest BCUT2D eigenvalue weighted by Crippen LogP contribution is 2.40. The van der Waals surface area contributed by atoms with E-state index in [1.807, 2.05) is 73.7 Å². The molecule has 1 aliphatic rings. The van der Waals surface area contributed by atoms with Crippen LogP contribution < -0.4 is 10.4 Å². The van der Waals surface area contributed by atoms with E-state index in [2.05, 4.69) is 45.0 Å². The van der Waals surface area contributed by atoms with Gasteiger partial charge in [-0.05, 0) is 40.0 Å². The van der Waals surface area contributed by atoms with Gasteiger partial charge in [0, 0.05) is 6.00 Å². The number of ether oxygens (including phenoxy) is 2. The van der Waals surface area contributed by atoms with E-state index >= 15 is 0 Å². The van der Waals surface area contributed by atoms with Crippen LogP contribution in [-0.4, -0.2) is 66.7 Å². The molecule has 1 saturated heterocycles. The quantitative estimate of drug-likeness (QED) is 0.178. The lowest BCUT2D eigenvalue weighted by atomic mass is 9.89. The van der Waals surface area contributed by atoms with Gasteiger partial charge < -0.3 is 19.0 Å². The van der Waals surface area contributed by atoms with Crippen molar-refractivity contribution in [3.63, 3.8) is 0 Å². The predicted octanol–water partition coefficient (Wildman–Crippen LogP) is 4.49. The Morgan fingerprint density at radius 1 is 0.826 bits per heavy atom. The second-order valence-corrected chi connectivity index (χ2v) is 18.8. The lowest BCUT2D eigenvalue weighted by Gasteiger charge is -2.45. The molecule has 4 aromatic carbocycles. The van der Waals surface area contributed by atoms with Gasteiger partial charge in [0.15, 0.2) is 0 Å². The smallest absolute Gasteiger partial charge is 0.297 e. The normalized spacial score (nSPS) is 22.2. The second-order valence-electron chi connectivity index (χ2n) is 12.8. The Kier molecular flexibility index (Phi) is 10.4. The van der Waals surface area contributed by atoms with E-state index in [9.17, 15) is 13.5 Å². The van der Waals surface area contributed by atoms with Crippen molar-refractivity contribution >= 4 is 36.7 Å². The fourth-order valence-corrected chi connectivity index (χ4v) is 11.7. The average molecular weight is 657 g/mol. The zero-order valence-corrected chi connectivity index (χ0v) is 28.5. The highest BCUT2D eigenvalue weighted by molar-refractivity contribution is 7.86. The molecule has 1 aliphatic heterocycles. The maximum absolute atomic E-state index is 13.5. The molecule has 4 aromatic rings. The standard InChI is InChI=1S/C36H41BO7SSi/c1-27-20-22-29(23-21-27)45(39,40)42-25-36(33(32(38)34(37)44-36)41-24-28-14-8-5-9-15-28)26-43-46(35(2,3)4,30-16-10-6-11-17-30)31-18-12-7-13-19-31/h5-23,32-34,38H,24-26H2,1-4H3/t32-,33?,34+,36+/m0/s1. The molecule has 1 N–H and O–H groups in total. The molecule has 4 atom stereocenters. The van der Waals surface area contributed by atoms with E-state index in [1.54, 1.807) is 12.1 Å². The van der Waals surface area contributed by atoms with Crippen LogP contribution in [0.15, 0.2) is 120 Å². The molecule has 0 amide bonds. The van der Waals surface area contributed by atoms with E-state index in [-0.39, 0.29) is 23.1 Å². The summed E-state index contributed by atoms with van der Waals surface area (Å²) in [5, 5.41) is 13.0. The van der Waals surface area contributed by atoms with Gasteiger partial charge in [0.2, 0.25) is 0 Å². The first-order chi connectivity index (χ1) is 21.9. The molecule has 2 radical (unpaired) electrons. The summed E-state index contributed by atoms with van der Waals surface area (Å²) in [5.74, 6) is 0. The minimum absolute atomic E-state index is 0.00532. The van der Waals surface area contributed by atoms with Crippen LogP contribution in [0.25, 0.3) is 0 Å². The maximum atomic E-state index is 13.5. The number of benzene rings is 4. The van der Waals surface area contributed by atoms with Gasteiger partial charge in [-0.3, -0.25) is 4.18 Å². The molecule has 5 rings (SSSR count). The van der Waals surface area contributed by atoms with Gasteiger partial charge in [0.25, 0.3) is 18.4 Å². The highest BCUT2D eigenvalue weighted by atomic mass is 32.2. The van der Waals surface area contributed by atoms with Crippen molar-refractivity contribution < 1.29 is 31.6 Å². The Morgan fingerprint density at radius 2 is 1.35 bits per heavy atom. The number of aliphatic hydroxyl groups is 1. The van der Waals surface area contributed by atoms with Crippen LogP contribution in [0.2, 0.25) is 5.04 Å². The van der Waals surface area contributed by atoms with E-state index in [1.165, 1.54) is 12.1 Å². The number of rotatable bonds is 12. The van der Waals surface area contributed by atoms with Crippen molar-refractivity contribution in [2.75, 3.05) is 13.2 Å². The van der Waals surface area contributed by atoms with Crippen molar-refractivity contribution in [3.8, 4) is 0 Å². The van der Waals surface area contributed by atoms with Gasteiger partial charge in [-0.15, -0.1) is 0 Å². The van der Waals surface area contributed by atoms with Gasteiger partial charge in [-0.1, -0.05) is 129 Å². The van der Waals surface area contributed by atoms with Crippen molar-refractivity contribution in [2.24, 2.45) is 0 Å². The number of aliphatic hydroxyl groups excluding tert-OH is 1. The monoisotopic (exact) mass is 656 g/mol. The van der Waals surface area contributed by atoms with Crippen LogP contribution in [0.5, 0.6) is 0 Å². The van der Waals surface area contributed by atoms with E-state index in [4.69, 9.17) is 25.9 Å². The minimum Gasteiger partial charge on any atom is -0.404 e. The molecule has 1 fully saturated rings. The summed E-state index contributed by atoms with van der Waals surface area (Å²) >= 11 is 0. The van der Waals surface area contributed by atoms with Crippen LogP contribution in [0.1, 0.15) is 31.9 Å². The Morgan fingerprint density at radius 3 is 1.87 bits per heavy atom. The predicted molar refractivity (Wildman–Crippen MR) is 182 cm³/mol. The third-order valence-electron chi connectivity index (χ3n) is 8.53. The first-order valence-electron chi connectivity index (χ1n) is 15.4. The first-order valence-corrected chi connectivity index (χ1v) is 18.7. The maximum Gasteiger partial charge on any atom is 0.297 e. The van der Waals surface area contributed by atoms with Gasteiger partial charge in [0.1, 0.15) is 32.3 Å². The molecule has 1 unspecified atom stereocenters. The molecule has 46 heavy (non-hydrogen) atoms. The SMILES string of the molecule is [B][C@@H]1O[C@@](CO[Si](c2ccccc2)(c2ccccc2)C(C)(C)C)(COS(=O)(=O)c2ccc(C)cc2)C(OCc2ccccc2)[C@@H]1O. The van der Waals surface area contributed by atoms with E-state index in [0.29, 0.717) is 0 Å². The van der Waals surface area contributed by atoms with Crippen LogP contribution in [0, 0.1) is 6.92 Å². The molecule has 0 bridgehead atoms. The summed E-state index contributed by atoms with van der Waals surface area (Å²) < 4.78 is 52.5. The molecule has 0 aliphatic carbocycles. The van der Waals surface area contributed by atoms with Crippen molar-refractivity contribution in [1.82, 2.24) is 0 Å². The second kappa shape index (κ2) is 14.0. The Hall–Kier alpha value is -3.09. The van der Waals surface area contributed by atoms with Crippen LogP contribution in [-0.2, 0) is 34.8 Å². The summed E-state index contributed by atoms with van der Waals surface area (Å²) in [4.78, 5) is 0.00532. The molecule has 240 valence electrons. The van der Waals surface area contributed by atoms with Crippen LogP contribution >= 0.6 is 0 Å². The van der Waals surface area contributed by atoms with Crippen LogP contribution in [0.4, 0.5) is 0 Å². The number of hydrogen-bond donors (Lipinski definition) is 1. The molecule has 1 heterocycles. The first kappa shape index (κ1) is 34.3. The number of aryl methyl sites for hydroxylation is 1. The largest absolute Gasteiger partial charge is 0.404 e. The molecular weight excluding hydrogens is 615 g/mol. The zero-order valence-electron chi connectivity index (χ0n) is 26.7. The van der Waals surface area contributed by atoms with Crippen LogP contribution in [0.3, 0.4) is 0 Å². The highest BCUT2D eigenvalue weighted by Gasteiger charge is 2.58. The summed E-state index contributed by atoms with van der Waals surface area (Å²) in [6, 6.07) is 34.8. The molecule has 0 aromatic heterocycles. The molecule has 0 spiro atoms. The lowest BCUT2D eigenvalue weighted by Crippen LogP contribution is -2.68. The third-order valence-corrected chi connectivity index (χ3v) is 14.8. The summed E-state index contributed by atoms with van der Waals surface area (Å²) in [5.41, 5.74) is 0.195. The summed E-state index contributed by atoms with van der Waals surface area (Å²) in [6.07, 6.45) is -2.36. The van der Waals surface area contributed by atoms with E-state index < -0.39 is 48.9 Å². The fourth-order valence-electron chi connectivity index (χ4n) is 6.12. The topological polar surface area (TPSA) is 91.3 Å². The molecule has 10 heteroatoms. The zero-order chi connectivity index (χ0) is 33.0. The fraction of sp³-hybridized carbons (Fsp3) is 0.333. The Bertz CT molecular complexity index is 1630. The van der Waals surface area contributed by atoms with Crippen molar-refractivity contribution in [1.29, 1.82) is 0 Å². The molecular formula is C36H41BO7SSi. The van der Waals surface area contributed by atoms with Gasteiger partial charge >= 0.3 is 0 Å². The van der Waals surface area contributed by atoms with Gasteiger partial charge in [-0.25, -0.2) is 0 Å². The summed E-state index contributed by atoms with van der Waals surface area (Å²) in [6.45, 7) is 7.78. The van der Waals surface area contributed by atoms with Gasteiger partial charge in [-0.2, -0.15) is 8.42 Å². The molecule has 0 saturated carbocycles. The van der Waals surface area contributed by atoms with E-state index in [0.717, 1.165) is 21.5 Å². The van der Waals surface area contributed by atoms with Crippen molar-refractivity contribution in [3.05, 3.63) is 126 Å². The van der Waals surface area contributed by atoms with Gasteiger partial charge in [0.05, 0.1) is 18.1 Å². The molecule has 7 nitrogen and oxygen atoms in total. The minimum atomic E-state index is -4.22. The third kappa shape index (κ3) is 7.08. The van der Waals surface area contributed by atoms with Crippen molar-refractivity contribution in [2.45, 2.75) is 68.0 Å². The Balaban J connectivity index is 1.57. The lowest BCUT2D eigenvalue weighted by molar-refractivity contribution is -0.141. The Labute approximate surface area is 275 Å². The number of hydrogen-bond acceptors (Lipinski definition) is 7. The average Bonchev–Trinajstić information content (AvgIpc) is 3.29.